The first-order valence-corrected chi connectivity index (χ1v) is 12.6. The van der Waals surface area contributed by atoms with Crippen LogP contribution in [0.15, 0.2) is 60.7 Å². The topological polar surface area (TPSA) is 98.2 Å². The van der Waals surface area contributed by atoms with Gasteiger partial charge in [0.25, 0.3) is 0 Å². The third-order valence-corrected chi connectivity index (χ3v) is 6.70. The Labute approximate surface area is 191 Å². The fourth-order valence-electron chi connectivity index (χ4n) is 3.64. The molecule has 0 saturated carbocycles. The van der Waals surface area contributed by atoms with Crippen LogP contribution in [0.4, 0.5) is 4.79 Å². The molecule has 8 heteroatoms. The van der Waals surface area contributed by atoms with Gasteiger partial charge in [-0.15, -0.1) is 0 Å². The van der Waals surface area contributed by atoms with Gasteiger partial charge in [0, 0.05) is 32.5 Å². The summed E-state index contributed by atoms with van der Waals surface area (Å²) in [6.45, 7) is 4.28. The molecular weight excluding hydrogens is 428 g/mol. The number of carboxylic acid groups (broad SMARTS) is 1. The molecule has 0 aromatic heterocycles. The zero-order valence-electron chi connectivity index (χ0n) is 19.0. The molecule has 0 aliphatic heterocycles. The van der Waals surface area contributed by atoms with Crippen LogP contribution in [0.5, 0.6) is 0 Å². The minimum Gasteiger partial charge on any atom is -0.465 e. The minimum atomic E-state index is -3.75. The number of rotatable bonds is 12. The first-order chi connectivity index (χ1) is 15.0. The molecule has 0 saturated heterocycles. The van der Waals surface area contributed by atoms with Crippen molar-refractivity contribution in [2.75, 3.05) is 19.3 Å². The standard InChI is InChI=1S/C24H34N2O5S/c1-20(2)14-16-26(32(3,30)31)24(29,18-21-10-6-4-7-11-21)15-17-25(23(27)28)19-22-12-8-5-9-13-22/h4-13,20,29H,14-19H2,1-3H3,(H,27,28). The zero-order valence-corrected chi connectivity index (χ0v) is 19.8. The Morgan fingerprint density at radius 2 is 1.50 bits per heavy atom. The minimum absolute atomic E-state index is 0.0126. The highest BCUT2D eigenvalue weighted by atomic mass is 32.2. The maximum Gasteiger partial charge on any atom is 0.407 e. The molecule has 0 spiro atoms. The van der Waals surface area contributed by atoms with E-state index in [9.17, 15) is 23.4 Å². The fourth-order valence-corrected chi connectivity index (χ4v) is 4.85. The van der Waals surface area contributed by atoms with Gasteiger partial charge in [-0.05, 0) is 23.5 Å². The van der Waals surface area contributed by atoms with Crippen LogP contribution in [-0.2, 0) is 23.0 Å². The first-order valence-electron chi connectivity index (χ1n) is 10.8. The van der Waals surface area contributed by atoms with Crippen molar-refractivity contribution in [2.24, 2.45) is 5.92 Å². The monoisotopic (exact) mass is 462 g/mol. The summed E-state index contributed by atoms with van der Waals surface area (Å²) in [5, 5.41) is 21.4. The highest BCUT2D eigenvalue weighted by molar-refractivity contribution is 7.88. The van der Waals surface area contributed by atoms with Crippen LogP contribution in [0.1, 0.15) is 37.8 Å². The summed E-state index contributed by atoms with van der Waals surface area (Å²) < 4.78 is 26.5. The molecule has 176 valence electrons. The number of sulfonamides is 1. The van der Waals surface area contributed by atoms with Crippen LogP contribution in [0, 0.1) is 5.92 Å². The van der Waals surface area contributed by atoms with E-state index in [0.717, 1.165) is 21.7 Å². The number of nitrogens with zero attached hydrogens (tertiary/aromatic N) is 2. The quantitative estimate of drug-likeness (QED) is 0.468. The molecule has 2 aromatic rings. The Morgan fingerprint density at radius 1 is 0.969 bits per heavy atom. The largest absolute Gasteiger partial charge is 0.465 e. The van der Waals surface area contributed by atoms with Crippen LogP contribution in [-0.4, -0.2) is 59.0 Å². The van der Waals surface area contributed by atoms with Gasteiger partial charge in [0.05, 0.1) is 6.26 Å². The first kappa shape index (κ1) is 25.8. The molecule has 1 atom stereocenters. The summed E-state index contributed by atoms with van der Waals surface area (Å²) >= 11 is 0. The second-order valence-corrected chi connectivity index (χ2v) is 10.5. The molecule has 0 heterocycles. The van der Waals surface area contributed by atoms with Crippen LogP contribution in [0.2, 0.25) is 0 Å². The molecule has 0 radical (unpaired) electrons. The summed E-state index contributed by atoms with van der Waals surface area (Å²) in [6.07, 6.45) is 0.562. The number of hydrogen-bond donors (Lipinski definition) is 2. The maximum absolute atomic E-state index is 12.7. The van der Waals surface area contributed by atoms with E-state index in [1.165, 1.54) is 4.90 Å². The highest BCUT2D eigenvalue weighted by Gasteiger charge is 2.40. The Kier molecular flexibility index (Phi) is 9.24. The third-order valence-electron chi connectivity index (χ3n) is 5.37. The van der Waals surface area contributed by atoms with Gasteiger partial charge in [-0.2, -0.15) is 4.31 Å². The number of amides is 1. The second kappa shape index (κ2) is 11.4. The van der Waals surface area contributed by atoms with E-state index in [1.807, 2.05) is 74.5 Å². The van der Waals surface area contributed by atoms with Crippen molar-refractivity contribution in [2.45, 2.75) is 45.4 Å². The molecule has 0 bridgehead atoms. The van der Waals surface area contributed by atoms with E-state index >= 15 is 0 Å². The maximum atomic E-state index is 12.7. The van der Waals surface area contributed by atoms with Crippen molar-refractivity contribution in [1.82, 2.24) is 9.21 Å². The molecule has 2 rings (SSSR count). The van der Waals surface area contributed by atoms with Gasteiger partial charge in [-0.1, -0.05) is 74.5 Å². The summed E-state index contributed by atoms with van der Waals surface area (Å²) in [6, 6.07) is 18.3. The van der Waals surface area contributed by atoms with Crippen molar-refractivity contribution >= 4 is 16.1 Å². The van der Waals surface area contributed by atoms with Crippen LogP contribution in [0.25, 0.3) is 0 Å². The van der Waals surface area contributed by atoms with Crippen molar-refractivity contribution in [1.29, 1.82) is 0 Å². The van der Waals surface area contributed by atoms with Gasteiger partial charge >= 0.3 is 6.09 Å². The van der Waals surface area contributed by atoms with Crippen LogP contribution in [0.3, 0.4) is 0 Å². The lowest BCUT2D eigenvalue weighted by molar-refractivity contribution is -0.0724. The lowest BCUT2D eigenvalue weighted by Crippen LogP contribution is -2.55. The zero-order chi connectivity index (χ0) is 23.8. The third kappa shape index (κ3) is 7.93. The van der Waals surface area contributed by atoms with E-state index in [1.54, 1.807) is 0 Å². The molecule has 32 heavy (non-hydrogen) atoms. The smallest absolute Gasteiger partial charge is 0.407 e. The predicted octanol–water partition coefficient (Wildman–Crippen LogP) is 3.80. The van der Waals surface area contributed by atoms with Gasteiger partial charge in [0.1, 0.15) is 5.72 Å². The molecule has 2 aromatic carbocycles. The second-order valence-electron chi connectivity index (χ2n) is 8.60. The summed E-state index contributed by atoms with van der Waals surface area (Å²) in [7, 11) is -3.75. The average molecular weight is 463 g/mol. The van der Waals surface area contributed by atoms with Gasteiger partial charge in [-0.3, -0.25) is 0 Å². The van der Waals surface area contributed by atoms with E-state index in [-0.39, 0.29) is 38.4 Å². The Morgan fingerprint density at radius 3 is 1.97 bits per heavy atom. The van der Waals surface area contributed by atoms with Crippen molar-refractivity contribution in [3.8, 4) is 0 Å². The van der Waals surface area contributed by atoms with Gasteiger partial charge in [0.15, 0.2) is 0 Å². The van der Waals surface area contributed by atoms with Gasteiger partial charge < -0.3 is 15.1 Å². The molecule has 0 fully saturated rings. The normalized spacial score (nSPS) is 13.8. The Bertz CT molecular complexity index is 951. The molecule has 1 unspecified atom stereocenters. The number of aliphatic hydroxyl groups is 1. The summed E-state index contributed by atoms with van der Waals surface area (Å²) in [4.78, 5) is 13.1. The highest BCUT2D eigenvalue weighted by Crippen LogP contribution is 2.27. The van der Waals surface area contributed by atoms with Crippen molar-refractivity contribution in [3.05, 3.63) is 71.8 Å². The molecule has 0 aliphatic carbocycles. The summed E-state index contributed by atoms with van der Waals surface area (Å²) in [5.74, 6) is 0.244. The fraction of sp³-hybridized carbons (Fsp3) is 0.458. The molecule has 1 amide bonds. The Balaban J connectivity index is 2.32. The van der Waals surface area contributed by atoms with Gasteiger partial charge in [0.2, 0.25) is 10.0 Å². The molecule has 0 aliphatic rings. The lowest BCUT2D eigenvalue weighted by atomic mass is 9.98. The molecule has 7 nitrogen and oxygen atoms in total. The van der Waals surface area contributed by atoms with Gasteiger partial charge in [-0.25, -0.2) is 13.2 Å². The molecular formula is C24H34N2O5S. The number of carbonyl (C=O) groups is 1. The van der Waals surface area contributed by atoms with Crippen molar-refractivity contribution < 1.29 is 23.4 Å². The summed E-state index contributed by atoms with van der Waals surface area (Å²) in [5.41, 5.74) is -0.159. The average Bonchev–Trinajstić information content (AvgIpc) is 2.71. The van der Waals surface area contributed by atoms with Crippen molar-refractivity contribution in [3.63, 3.8) is 0 Å². The van der Waals surface area contributed by atoms with Crippen LogP contribution >= 0.6 is 0 Å². The van der Waals surface area contributed by atoms with E-state index in [4.69, 9.17) is 0 Å². The van der Waals surface area contributed by atoms with E-state index in [0.29, 0.717) is 6.42 Å². The van der Waals surface area contributed by atoms with Crippen LogP contribution < -0.4 is 0 Å². The number of hydrogen-bond acceptors (Lipinski definition) is 4. The van der Waals surface area contributed by atoms with E-state index in [2.05, 4.69) is 0 Å². The SMILES string of the molecule is CC(C)CCN(C(O)(CCN(Cc1ccccc1)C(=O)O)Cc1ccccc1)S(C)(=O)=O. The van der Waals surface area contributed by atoms with E-state index < -0.39 is 21.8 Å². The molecule has 2 N–H and O–H groups in total. The Hall–Kier alpha value is -2.42. The predicted molar refractivity (Wildman–Crippen MR) is 126 cm³/mol. The number of benzene rings is 2. The lowest BCUT2D eigenvalue weighted by Gasteiger charge is -2.39.